The van der Waals surface area contributed by atoms with Crippen LogP contribution in [-0.2, 0) is 5.54 Å². The minimum atomic E-state index is -4.65. The minimum Gasteiger partial charge on any atom is -0.406 e. The summed E-state index contributed by atoms with van der Waals surface area (Å²) in [4.78, 5) is 0. The van der Waals surface area contributed by atoms with Crippen LogP contribution in [0.15, 0.2) is 24.3 Å². The van der Waals surface area contributed by atoms with Crippen molar-refractivity contribution in [2.75, 3.05) is 0 Å². The lowest BCUT2D eigenvalue weighted by Crippen LogP contribution is -2.28. The molecule has 0 atom stereocenters. The fraction of sp³-hybridized carbons (Fsp3) is 0.400. The van der Waals surface area contributed by atoms with Crippen molar-refractivity contribution in [3.05, 3.63) is 29.8 Å². The van der Waals surface area contributed by atoms with Gasteiger partial charge in [0.1, 0.15) is 5.75 Å². The van der Waals surface area contributed by atoms with Gasteiger partial charge < -0.3 is 10.5 Å². The first-order chi connectivity index (χ1) is 6.68. The highest BCUT2D eigenvalue weighted by molar-refractivity contribution is 5.85. The number of benzene rings is 1. The summed E-state index contributed by atoms with van der Waals surface area (Å²) in [7, 11) is 0. The van der Waals surface area contributed by atoms with Crippen molar-refractivity contribution < 1.29 is 17.9 Å². The highest BCUT2D eigenvalue weighted by Crippen LogP contribution is 2.25. The molecule has 92 valence electrons. The van der Waals surface area contributed by atoms with Crippen LogP contribution in [0.5, 0.6) is 5.75 Å². The van der Waals surface area contributed by atoms with E-state index in [-0.39, 0.29) is 18.2 Å². The molecule has 1 rings (SSSR count). The normalized spacial score (nSPS) is 11.9. The van der Waals surface area contributed by atoms with Gasteiger partial charge in [0.2, 0.25) is 0 Å². The molecule has 2 nitrogen and oxygen atoms in total. The van der Waals surface area contributed by atoms with Crippen LogP contribution in [0.2, 0.25) is 0 Å². The van der Waals surface area contributed by atoms with E-state index < -0.39 is 11.9 Å². The van der Waals surface area contributed by atoms with Crippen molar-refractivity contribution in [3.8, 4) is 5.75 Å². The Balaban J connectivity index is 0.00000225. The molecule has 0 aliphatic heterocycles. The zero-order chi connectivity index (χ0) is 11.7. The Bertz CT molecular complexity index is 329. The van der Waals surface area contributed by atoms with E-state index in [0.717, 1.165) is 5.56 Å². The molecule has 0 bridgehead atoms. The minimum absolute atomic E-state index is 0. The Kier molecular flexibility index (Phi) is 4.64. The quantitative estimate of drug-likeness (QED) is 0.881. The van der Waals surface area contributed by atoms with E-state index in [1.165, 1.54) is 24.3 Å². The molecule has 0 amide bonds. The van der Waals surface area contributed by atoms with Crippen LogP contribution in [0, 0.1) is 0 Å². The van der Waals surface area contributed by atoms with E-state index in [1.54, 1.807) is 13.8 Å². The van der Waals surface area contributed by atoms with Gasteiger partial charge in [0.05, 0.1) is 0 Å². The van der Waals surface area contributed by atoms with Gasteiger partial charge in [-0.15, -0.1) is 25.6 Å². The maximum absolute atomic E-state index is 11.8. The Labute approximate surface area is 98.0 Å². The summed E-state index contributed by atoms with van der Waals surface area (Å²) in [5.41, 5.74) is 5.95. The summed E-state index contributed by atoms with van der Waals surface area (Å²) < 4.78 is 39.2. The molecule has 0 aliphatic carbocycles. The molecule has 0 spiro atoms. The predicted molar refractivity (Wildman–Crippen MR) is 57.6 cm³/mol. The first-order valence-corrected chi connectivity index (χ1v) is 4.34. The molecular weight excluding hydrogens is 243 g/mol. The molecule has 0 saturated heterocycles. The van der Waals surface area contributed by atoms with Crippen LogP contribution in [0.1, 0.15) is 19.4 Å². The number of nitrogens with two attached hydrogens (primary N) is 1. The smallest absolute Gasteiger partial charge is 0.406 e. The van der Waals surface area contributed by atoms with Crippen molar-refractivity contribution in [3.63, 3.8) is 0 Å². The number of hydrogen-bond donors (Lipinski definition) is 1. The molecule has 0 aromatic heterocycles. The van der Waals surface area contributed by atoms with E-state index in [4.69, 9.17) is 5.73 Å². The lowest BCUT2D eigenvalue weighted by Gasteiger charge is -2.19. The Morgan fingerprint density at radius 3 is 1.81 bits per heavy atom. The highest BCUT2D eigenvalue weighted by Gasteiger charge is 2.31. The lowest BCUT2D eigenvalue weighted by molar-refractivity contribution is -0.274. The summed E-state index contributed by atoms with van der Waals surface area (Å²) in [6, 6.07) is 5.52. The Morgan fingerprint density at radius 2 is 1.50 bits per heavy atom. The van der Waals surface area contributed by atoms with Crippen LogP contribution in [0.4, 0.5) is 13.2 Å². The fourth-order valence-corrected chi connectivity index (χ4v) is 1.09. The van der Waals surface area contributed by atoms with Gasteiger partial charge in [0.15, 0.2) is 0 Å². The summed E-state index contributed by atoms with van der Waals surface area (Å²) in [6.07, 6.45) is -4.65. The van der Waals surface area contributed by atoms with Crippen molar-refractivity contribution in [2.24, 2.45) is 5.73 Å². The predicted octanol–water partition coefficient (Wildman–Crippen LogP) is 3.20. The van der Waals surface area contributed by atoms with E-state index in [2.05, 4.69) is 4.74 Å². The molecule has 0 unspecified atom stereocenters. The molecule has 1 aromatic rings. The summed E-state index contributed by atoms with van der Waals surface area (Å²) in [6.45, 7) is 3.54. The van der Waals surface area contributed by atoms with E-state index in [1.807, 2.05) is 0 Å². The van der Waals surface area contributed by atoms with Crippen molar-refractivity contribution in [1.29, 1.82) is 0 Å². The number of halogens is 4. The Morgan fingerprint density at radius 1 is 1.06 bits per heavy atom. The lowest BCUT2D eigenvalue weighted by atomic mass is 9.96. The van der Waals surface area contributed by atoms with Gasteiger partial charge >= 0.3 is 6.36 Å². The van der Waals surface area contributed by atoms with Gasteiger partial charge in [-0.1, -0.05) is 12.1 Å². The molecule has 0 radical (unpaired) electrons. The van der Waals surface area contributed by atoms with Gasteiger partial charge in [-0.25, -0.2) is 0 Å². The molecule has 6 heteroatoms. The SMILES string of the molecule is CC(C)(N)c1ccc(OC(F)(F)F)cc1.Cl. The molecule has 0 fully saturated rings. The van der Waals surface area contributed by atoms with Crippen molar-refractivity contribution >= 4 is 12.4 Å². The molecule has 2 N–H and O–H groups in total. The summed E-state index contributed by atoms with van der Waals surface area (Å²) in [5.74, 6) is -0.240. The zero-order valence-electron chi connectivity index (χ0n) is 8.84. The van der Waals surface area contributed by atoms with Crippen LogP contribution in [0.3, 0.4) is 0 Å². The van der Waals surface area contributed by atoms with E-state index in [9.17, 15) is 13.2 Å². The first kappa shape index (κ1) is 15.1. The summed E-state index contributed by atoms with van der Waals surface area (Å²) >= 11 is 0. The number of ether oxygens (including phenoxy) is 1. The second kappa shape index (κ2) is 4.93. The third-order valence-corrected chi connectivity index (χ3v) is 1.83. The topological polar surface area (TPSA) is 35.2 Å². The number of alkyl halides is 3. The van der Waals surface area contributed by atoms with Gasteiger partial charge in [-0.05, 0) is 31.5 Å². The van der Waals surface area contributed by atoms with Crippen LogP contribution >= 0.6 is 12.4 Å². The average molecular weight is 256 g/mol. The molecule has 0 saturated carbocycles. The number of hydrogen-bond acceptors (Lipinski definition) is 2. The van der Waals surface area contributed by atoms with E-state index in [0.29, 0.717) is 0 Å². The van der Waals surface area contributed by atoms with Gasteiger partial charge in [-0.3, -0.25) is 0 Å². The Hall–Kier alpha value is -0.940. The van der Waals surface area contributed by atoms with E-state index >= 15 is 0 Å². The molecule has 0 aliphatic rings. The standard InChI is InChI=1S/C10H12F3NO.ClH/c1-9(2,14)7-3-5-8(6-4-7)15-10(11,12)13;/h3-6H,14H2,1-2H3;1H. The maximum Gasteiger partial charge on any atom is 0.573 e. The molecule has 1 aromatic carbocycles. The third-order valence-electron chi connectivity index (χ3n) is 1.83. The maximum atomic E-state index is 11.8. The average Bonchev–Trinajstić information content (AvgIpc) is 2.00. The monoisotopic (exact) mass is 255 g/mol. The molecule has 0 heterocycles. The van der Waals surface area contributed by atoms with Crippen LogP contribution < -0.4 is 10.5 Å². The second-order valence-electron chi connectivity index (χ2n) is 3.79. The zero-order valence-corrected chi connectivity index (χ0v) is 9.65. The molecular formula is C10H13ClF3NO. The second-order valence-corrected chi connectivity index (χ2v) is 3.79. The molecule has 16 heavy (non-hydrogen) atoms. The van der Waals surface area contributed by atoms with Gasteiger partial charge in [0, 0.05) is 5.54 Å². The fourth-order valence-electron chi connectivity index (χ4n) is 1.09. The highest BCUT2D eigenvalue weighted by atomic mass is 35.5. The van der Waals surface area contributed by atoms with Crippen molar-refractivity contribution in [1.82, 2.24) is 0 Å². The first-order valence-electron chi connectivity index (χ1n) is 4.34. The van der Waals surface area contributed by atoms with Crippen molar-refractivity contribution in [2.45, 2.75) is 25.7 Å². The largest absolute Gasteiger partial charge is 0.573 e. The van der Waals surface area contributed by atoms with Crippen LogP contribution in [0.25, 0.3) is 0 Å². The van der Waals surface area contributed by atoms with Gasteiger partial charge in [-0.2, -0.15) is 0 Å². The number of rotatable bonds is 2. The van der Waals surface area contributed by atoms with Crippen LogP contribution in [-0.4, -0.2) is 6.36 Å². The third kappa shape index (κ3) is 4.72. The summed E-state index contributed by atoms with van der Waals surface area (Å²) in [5, 5.41) is 0. The van der Waals surface area contributed by atoms with Gasteiger partial charge in [0.25, 0.3) is 0 Å².